The lowest BCUT2D eigenvalue weighted by Gasteiger charge is -2.11. The molecule has 0 N–H and O–H groups in total. The summed E-state index contributed by atoms with van der Waals surface area (Å²) in [6.07, 6.45) is 2.73. The molecule has 0 unspecified atom stereocenters. The first kappa shape index (κ1) is 20.7. The minimum atomic E-state index is 0.106. The number of hydrogen-bond acceptors (Lipinski definition) is 4. The smallest absolute Gasteiger partial charge is 0.196 e. The van der Waals surface area contributed by atoms with E-state index in [9.17, 15) is 4.79 Å². The molecule has 0 radical (unpaired) electrons. The van der Waals surface area contributed by atoms with Gasteiger partial charge in [-0.1, -0.05) is 43.3 Å². The van der Waals surface area contributed by atoms with Gasteiger partial charge in [0, 0.05) is 28.5 Å². The molecule has 3 rings (SSSR count). The molecule has 5 nitrogen and oxygen atoms in total. The van der Waals surface area contributed by atoms with Crippen molar-refractivity contribution in [3.8, 4) is 5.69 Å². The van der Waals surface area contributed by atoms with Gasteiger partial charge in [0.1, 0.15) is 6.33 Å². The van der Waals surface area contributed by atoms with E-state index in [0.29, 0.717) is 21.8 Å². The normalized spacial score (nSPS) is 11.4. The highest BCUT2D eigenvalue weighted by atomic mass is 35.5. The molecule has 1 aromatic carbocycles. The van der Waals surface area contributed by atoms with E-state index >= 15 is 0 Å². The van der Waals surface area contributed by atoms with Crippen LogP contribution in [0, 0.1) is 19.8 Å². The van der Waals surface area contributed by atoms with Crippen LogP contribution in [0.4, 0.5) is 0 Å². The Morgan fingerprint density at radius 3 is 2.75 bits per heavy atom. The fourth-order valence-electron chi connectivity index (χ4n) is 3.15. The number of benzene rings is 1. The fraction of sp³-hybridized carbons (Fsp3) is 0.381. The number of aromatic nitrogens is 4. The second-order valence-electron chi connectivity index (χ2n) is 7.29. The summed E-state index contributed by atoms with van der Waals surface area (Å²) >= 11 is 7.47. The molecule has 0 aliphatic rings. The van der Waals surface area contributed by atoms with Crippen molar-refractivity contribution < 1.29 is 4.79 Å². The maximum Gasteiger partial charge on any atom is 0.196 e. The van der Waals surface area contributed by atoms with Crippen LogP contribution < -0.4 is 0 Å². The number of carbonyl (C=O) groups excluding carboxylic acids is 1. The number of ketones is 1. The zero-order valence-corrected chi connectivity index (χ0v) is 18.2. The van der Waals surface area contributed by atoms with E-state index in [4.69, 9.17) is 11.6 Å². The highest BCUT2D eigenvalue weighted by molar-refractivity contribution is 7.99. The third-order valence-electron chi connectivity index (χ3n) is 4.74. The highest BCUT2D eigenvalue weighted by Crippen LogP contribution is 2.24. The fourth-order valence-corrected chi connectivity index (χ4v) is 4.15. The quantitative estimate of drug-likeness (QED) is 0.366. The molecule has 0 bridgehead atoms. The van der Waals surface area contributed by atoms with Crippen molar-refractivity contribution in [2.75, 3.05) is 5.75 Å². The number of Topliss-reactive ketones (excluding diaryl/α,β-unsaturated/α-hetero) is 1. The zero-order chi connectivity index (χ0) is 20.3. The lowest BCUT2D eigenvalue weighted by molar-refractivity contribution is 0.102. The van der Waals surface area contributed by atoms with Crippen molar-refractivity contribution in [2.45, 2.75) is 45.8 Å². The molecule has 3 aromatic rings. The number of rotatable bonds is 8. The first-order chi connectivity index (χ1) is 13.4. The summed E-state index contributed by atoms with van der Waals surface area (Å²) in [6, 6.07) is 9.48. The van der Waals surface area contributed by atoms with Crippen molar-refractivity contribution in [1.29, 1.82) is 0 Å². The molecule has 148 valence electrons. The van der Waals surface area contributed by atoms with Gasteiger partial charge in [-0.25, -0.2) is 0 Å². The molecule has 0 spiro atoms. The van der Waals surface area contributed by atoms with E-state index in [2.05, 4.69) is 35.5 Å². The van der Waals surface area contributed by atoms with Gasteiger partial charge in [-0.3, -0.25) is 9.36 Å². The number of thioether (sulfide) groups is 1. The highest BCUT2D eigenvalue weighted by Gasteiger charge is 2.17. The van der Waals surface area contributed by atoms with Crippen molar-refractivity contribution in [3.63, 3.8) is 0 Å². The summed E-state index contributed by atoms with van der Waals surface area (Å²) in [5.74, 6) is 1.05. The molecule has 0 fully saturated rings. The topological polar surface area (TPSA) is 52.7 Å². The summed E-state index contributed by atoms with van der Waals surface area (Å²) < 4.78 is 4.09. The van der Waals surface area contributed by atoms with Crippen molar-refractivity contribution in [2.24, 2.45) is 5.92 Å². The minimum Gasteiger partial charge on any atom is -0.348 e. The van der Waals surface area contributed by atoms with Crippen LogP contribution in [0.15, 0.2) is 41.8 Å². The van der Waals surface area contributed by atoms with Gasteiger partial charge in [0.2, 0.25) is 0 Å². The maximum absolute atomic E-state index is 12.9. The van der Waals surface area contributed by atoms with Crippen molar-refractivity contribution in [1.82, 2.24) is 19.3 Å². The summed E-state index contributed by atoms with van der Waals surface area (Å²) in [5, 5.41) is 9.46. The van der Waals surface area contributed by atoms with Gasteiger partial charge in [-0.15, -0.1) is 10.2 Å². The van der Waals surface area contributed by atoms with Crippen LogP contribution >= 0.6 is 23.4 Å². The van der Waals surface area contributed by atoms with Crippen LogP contribution in [0.5, 0.6) is 0 Å². The molecule has 0 saturated heterocycles. The Morgan fingerprint density at radius 1 is 1.25 bits per heavy atom. The summed E-state index contributed by atoms with van der Waals surface area (Å²) in [5.41, 5.74) is 3.84. The van der Waals surface area contributed by atoms with Gasteiger partial charge in [0.25, 0.3) is 0 Å². The predicted molar refractivity (Wildman–Crippen MR) is 115 cm³/mol. The maximum atomic E-state index is 12.9. The van der Waals surface area contributed by atoms with Crippen LogP contribution in [0.1, 0.15) is 42.0 Å². The Morgan fingerprint density at radius 2 is 2.04 bits per heavy atom. The van der Waals surface area contributed by atoms with E-state index in [0.717, 1.165) is 35.6 Å². The van der Waals surface area contributed by atoms with Gasteiger partial charge >= 0.3 is 0 Å². The Kier molecular flexibility index (Phi) is 6.62. The Bertz CT molecular complexity index is 977. The predicted octanol–water partition coefficient (Wildman–Crippen LogP) is 5.36. The molecule has 28 heavy (non-hydrogen) atoms. The number of carbonyl (C=O) groups is 1. The van der Waals surface area contributed by atoms with Crippen LogP contribution in [0.2, 0.25) is 5.02 Å². The third-order valence-corrected chi connectivity index (χ3v) is 5.92. The van der Waals surface area contributed by atoms with Crippen LogP contribution in [0.3, 0.4) is 0 Å². The molecule has 7 heteroatoms. The molecule has 0 saturated carbocycles. The molecule has 0 amide bonds. The van der Waals surface area contributed by atoms with E-state index in [1.165, 1.54) is 11.8 Å². The number of nitrogens with zero attached hydrogens (tertiary/aromatic N) is 4. The van der Waals surface area contributed by atoms with Gasteiger partial charge in [-0.2, -0.15) is 0 Å². The summed E-state index contributed by atoms with van der Waals surface area (Å²) in [6.45, 7) is 9.46. The molecular formula is C21H25ClN4OS. The Labute approximate surface area is 175 Å². The molecule has 0 atom stereocenters. The molecule has 0 aliphatic heterocycles. The first-order valence-corrected chi connectivity index (χ1v) is 10.7. The van der Waals surface area contributed by atoms with Gasteiger partial charge in [0.05, 0.1) is 11.4 Å². The SMILES string of the molecule is Cc1cc(C(=O)CSc2nncn2-c2cccc(Cl)c2)c(C)n1CCC(C)C. The van der Waals surface area contributed by atoms with E-state index in [-0.39, 0.29) is 5.78 Å². The Hall–Kier alpha value is -2.05. The third kappa shape index (κ3) is 4.67. The number of halogens is 1. The summed E-state index contributed by atoms with van der Waals surface area (Å²) in [7, 11) is 0. The molecule has 0 aliphatic carbocycles. The zero-order valence-electron chi connectivity index (χ0n) is 16.6. The monoisotopic (exact) mass is 416 g/mol. The van der Waals surface area contributed by atoms with Gasteiger partial charge in [-0.05, 0) is 50.5 Å². The van der Waals surface area contributed by atoms with Crippen LogP contribution in [0.25, 0.3) is 5.69 Å². The largest absolute Gasteiger partial charge is 0.348 e. The minimum absolute atomic E-state index is 0.106. The Balaban J connectivity index is 1.72. The lowest BCUT2D eigenvalue weighted by atomic mass is 10.1. The van der Waals surface area contributed by atoms with Crippen molar-refractivity contribution in [3.05, 3.63) is 58.6 Å². The van der Waals surface area contributed by atoms with Crippen LogP contribution in [-0.4, -0.2) is 30.9 Å². The number of aryl methyl sites for hydroxylation is 1. The summed E-state index contributed by atoms with van der Waals surface area (Å²) in [4.78, 5) is 12.9. The standard InChI is InChI=1S/C21H25ClN4OS/c1-14(2)8-9-25-15(3)10-19(16(25)4)20(27)12-28-21-24-23-13-26(21)18-7-5-6-17(22)11-18/h5-7,10-11,13-14H,8-9,12H2,1-4H3. The van der Waals surface area contributed by atoms with E-state index < -0.39 is 0 Å². The first-order valence-electron chi connectivity index (χ1n) is 9.35. The average Bonchev–Trinajstić information content (AvgIpc) is 3.22. The molecule has 2 heterocycles. The van der Waals surface area contributed by atoms with E-state index in [1.54, 1.807) is 6.33 Å². The number of hydrogen-bond donors (Lipinski definition) is 0. The second-order valence-corrected chi connectivity index (χ2v) is 8.67. The lowest BCUT2D eigenvalue weighted by Crippen LogP contribution is -2.08. The molecular weight excluding hydrogens is 392 g/mol. The van der Waals surface area contributed by atoms with E-state index in [1.807, 2.05) is 41.8 Å². The van der Waals surface area contributed by atoms with Gasteiger partial charge < -0.3 is 4.57 Å². The van der Waals surface area contributed by atoms with Crippen LogP contribution in [-0.2, 0) is 6.54 Å². The molecule has 2 aromatic heterocycles. The van der Waals surface area contributed by atoms with Crippen molar-refractivity contribution >= 4 is 29.1 Å². The average molecular weight is 417 g/mol. The second kappa shape index (κ2) is 8.97. The van der Waals surface area contributed by atoms with Gasteiger partial charge in [0.15, 0.2) is 10.9 Å².